The van der Waals surface area contributed by atoms with E-state index in [4.69, 9.17) is 0 Å². The van der Waals surface area contributed by atoms with Crippen molar-refractivity contribution in [2.75, 3.05) is 6.54 Å². The molecule has 27 heavy (non-hydrogen) atoms. The molecule has 0 spiro atoms. The maximum Gasteiger partial charge on any atom is 0.242 e. The van der Waals surface area contributed by atoms with Gasteiger partial charge < -0.3 is 14.4 Å². The molecule has 1 aromatic heterocycles. The lowest BCUT2D eigenvalue weighted by Gasteiger charge is -2.35. The third-order valence-electron chi connectivity index (χ3n) is 6.08. The van der Waals surface area contributed by atoms with Crippen LogP contribution < -0.4 is 0 Å². The molecule has 2 amide bonds. The Morgan fingerprint density at radius 2 is 1.74 bits per heavy atom. The van der Waals surface area contributed by atoms with Crippen molar-refractivity contribution in [2.45, 2.75) is 89.8 Å². The Kier molecular flexibility index (Phi) is 6.97. The van der Waals surface area contributed by atoms with Crippen LogP contribution in [0, 0.1) is 0 Å². The molecule has 0 atom stereocenters. The Morgan fingerprint density at radius 3 is 2.33 bits per heavy atom. The molecule has 0 aromatic carbocycles. The molecule has 0 unspecified atom stereocenters. The normalized spacial score (nSPS) is 17.7. The van der Waals surface area contributed by atoms with Crippen LogP contribution in [0.5, 0.6) is 0 Å². The summed E-state index contributed by atoms with van der Waals surface area (Å²) < 4.78 is 2.08. The van der Waals surface area contributed by atoms with Crippen LogP contribution in [0.15, 0.2) is 18.3 Å². The first-order valence-corrected chi connectivity index (χ1v) is 10.8. The van der Waals surface area contributed by atoms with Crippen molar-refractivity contribution in [3.05, 3.63) is 24.0 Å². The number of rotatable bonds is 9. The summed E-state index contributed by atoms with van der Waals surface area (Å²) in [5.41, 5.74) is 1.15. The van der Waals surface area contributed by atoms with E-state index in [0.717, 1.165) is 44.2 Å². The van der Waals surface area contributed by atoms with Crippen molar-refractivity contribution in [1.82, 2.24) is 14.4 Å². The third kappa shape index (κ3) is 5.36. The van der Waals surface area contributed by atoms with E-state index < -0.39 is 0 Å². The van der Waals surface area contributed by atoms with Crippen LogP contribution in [-0.4, -0.2) is 44.8 Å². The number of amides is 2. The number of hydrogen-bond donors (Lipinski definition) is 0. The molecule has 0 radical (unpaired) electrons. The van der Waals surface area contributed by atoms with Crippen molar-refractivity contribution in [3.8, 4) is 0 Å². The van der Waals surface area contributed by atoms with Crippen molar-refractivity contribution in [3.63, 3.8) is 0 Å². The first-order chi connectivity index (χ1) is 13.1. The first-order valence-electron chi connectivity index (χ1n) is 10.8. The molecule has 0 saturated heterocycles. The van der Waals surface area contributed by atoms with E-state index in [1.165, 1.54) is 19.3 Å². The number of nitrogens with zero attached hydrogens (tertiary/aromatic N) is 3. The predicted octanol–water partition coefficient (Wildman–Crippen LogP) is 3.87. The fourth-order valence-electron chi connectivity index (χ4n) is 4.16. The van der Waals surface area contributed by atoms with Gasteiger partial charge in [0.25, 0.3) is 0 Å². The number of hydrogen-bond acceptors (Lipinski definition) is 2. The van der Waals surface area contributed by atoms with E-state index in [-0.39, 0.29) is 24.4 Å². The van der Waals surface area contributed by atoms with E-state index in [9.17, 15) is 9.59 Å². The minimum Gasteiger partial charge on any atom is -0.353 e. The van der Waals surface area contributed by atoms with Crippen LogP contribution in [0.3, 0.4) is 0 Å². The molecule has 2 aliphatic rings. The van der Waals surface area contributed by atoms with Gasteiger partial charge in [-0.1, -0.05) is 32.6 Å². The molecule has 5 heteroatoms. The lowest BCUT2D eigenvalue weighted by molar-refractivity contribution is -0.144. The van der Waals surface area contributed by atoms with Gasteiger partial charge >= 0.3 is 0 Å². The van der Waals surface area contributed by atoms with Crippen molar-refractivity contribution < 1.29 is 9.59 Å². The third-order valence-corrected chi connectivity index (χ3v) is 6.08. The van der Waals surface area contributed by atoms with Gasteiger partial charge in [0.2, 0.25) is 11.8 Å². The highest BCUT2D eigenvalue weighted by atomic mass is 16.2. The van der Waals surface area contributed by atoms with E-state index >= 15 is 0 Å². The van der Waals surface area contributed by atoms with E-state index in [2.05, 4.69) is 17.6 Å². The zero-order valence-electron chi connectivity index (χ0n) is 17.0. The topological polar surface area (TPSA) is 45.6 Å². The second kappa shape index (κ2) is 9.43. The van der Waals surface area contributed by atoms with Crippen LogP contribution >= 0.6 is 0 Å². The molecular weight excluding hydrogens is 338 g/mol. The fourth-order valence-corrected chi connectivity index (χ4v) is 4.16. The SMILES string of the molecule is CCCCC(=O)N(CC(=O)N(Cc1cccn1C)C1CC1)C1CCCCC1. The molecule has 5 nitrogen and oxygen atoms in total. The van der Waals surface area contributed by atoms with Gasteiger partial charge in [-0.2, -0.15) is 0 Å². The molecule has 1 aromatic rings. The molecule has 0 N–H and O–H groups in total. The Balaban J connectivity index is 1.68. The Bertz CT molecular complexity index is 629. The molecule has 0 aliphatic heterocycles. The van der Waals surface area contributed by atoms with Gasteiger partial charge in [0, 0.05) is 37.4 Å². The van der Waals surface area contributed by atoms with Gasteiger partial charge in [0.05, 0.1) is 6.54 Å². The molecule has 3 rings (SSSR count). The summed E-state index contributed by atoms with van der Waals surface area (Å²) in [7, 11) is 2.02. The summed E-state index contributed by atoms with van der Waals surface area (Å²) in [6.07, 6.45) is 12.4. The van der Waals surface area contributed by atoms with E-state index in [0.29, 0.717) is 19.0 Å². The highest BCUT2D eigenvalue weighted by Gasteiger charge is 2.35. The van der Waals surface area contributed by atoms with Crippen molar-refractivity contribution in [2.24, 2.45) is 7.05 Å². The fraction of sp³-hybridized carbons (Fsp3) is 0.727. The van der Waals surface area contributed by atoms with Gasteiger partial charge in [-0.15, -0.1) is 0 Å². The summed E-state index contributed by atoms with van der Waals surface area (Å²) in [5, 5.41) is 0. The smallest absolute Gasteiger partial charge is 0.242 e. The van der Waals surface area contributed by atoms with Crippen LogP contribution in [0.25, 0.3) is 0 Å². The number of aryl methyl sites for hydroxylation is 1. The van der Waals surface area contributed by atoms with Crippen molar-refractivity contribution >= 4 is 11.8 Å². The minimum atomic E-state index is 0.120. The van der Waals surface area contributed by atoms with E-state index in [1.807, 2.05) is 29.1 Å². The first kappa shape index (κ1) is 20.0. The zero-order chi connectivity index (χ0) is 19.2. The highest BCUT2D eigenvalue weighted by Crippen LogP contribution is 2.29. The molecule has 2 fully saturated rings. The average Bonchev–Trinajstić information content (AvgIpc) is 3.44. The van der Waals surface area contributed by atoms with Crippen LogP contribution in [0.1, 0.15) is 76.8 Å². The zero-order valence-corrected chi connectivity index (χ0v) is 17.0. The van der Waals surface area contributed by atoms with Gasteiger partial charge in [0.15, 0.2) is 0 Å². The Hall–Kier alpha value is -1.78. The van der Waals surface area contributed by atoms with Crippen molar-refractivity contribution in [1.29, 1.82) is 0 Å². The summed E-state index contributed by atoms with van der Waals surface area (Å²) in [6.45, 7) is 3.01. The van der Waals surface area contributed by atoms with Crippen LogP contribution in [0.2, 0.25) is 0 Å². The second-order valence-corrected chi connectivity index (χ2v) is 8.28. The van der Waals surface area contributed by atoms with Gasteiger partial charge in [-0.25, -0.2) is 0 Å². The summed E-state index contributed by atoms with van der Waals surface area (Å²) in [6, 6.07) is 4.70. The largest absolute Gasteiger partial charge is 0.353 e. The van der Waals surface area contributed by atoms with Crippen LogP contribution in [0.4, 0.5) is 0 Å². The summed E-state index contributed by atoms with van der Waals surface area (Å²) >= 11 is 0. The maximum absolute atomic E-state index is 13.2. The number of carbonyl (C=O) groups excluding carboxylic acids is 2. The summed E-state index contributed by atoms with van der Waals surface area (Å²) in [5.74, 6) is 0.292. The predicted molar refractivity (Wildman–Crippen MR) is 107 cm³/mol. The minimum absolute atomic E-state index is 0.120. The Morgan fingerprint density at radius 1 is 1.04 bits per heavy atom. The molecular formula is C22H35N3O2. The quantitative estimate of drug-likeness (QED) is 0.660. The highest BCUT2D eigenvalue weighted by molar-refractivity contribution is 5.85. The molecule has 150 valence electrons. The lowest BCUT2D eigenvalue weighted by atomic mass is 9.93. The number of unbranched alkanes of at least 4 members (excludes halogenated alkanes) is 1. The standard InChI is InChI=1S/C22H35N3O2/c1-3-4-12-21(26)25(18-9-6-5-7-10-18)17-22(27)24(19-13-14-19)16-20-11-8-15-23(20)2/h8,11,15,18-19H,3-7,9-10,12-14,16-17H2,1-2H3. The van der Waals surface area contributed by atoms with Gasteiger partial charge in [-0.3, -0.25) is 9.59 Å². The van der Waals surface area contributed by atoms with E-state index in [1.54, 1.807) is 0 Å². The van der Waals surface area contributed by atoms with Gasteiger partial charge in [-0.05, 0) is 44.2 Å². The average molecular weight is 374 g/mol. The van der Waals surface area contributed by atoms with Crippen LogP contribution in [-0.2, 0) is 23.2 Å². The molecule has 2 aliphatic carbocycles. The molecule has 0 bridgehead atoms. The lowest BCUT2D eigenvalue weighted by Crippen LogP contribution is -2.48. The maximum atomic E-state index is 13.2. The number of carbonyl (C=O) groups is 2. The Labute approximate surface area is 163 Å². The molecule has 1 heterocycles. The molecule has 2 saturated carbocycles. The van der Waals surface area contributed by atoms with Gasteiger partial charge in [0.1, 0.15) is 6.54 Å². The summed E-state index contributed by atoms with van der Waals surface area (Å²) in [4.78, 5) is 30.0. The second-order valence-electron chi connectivity index (χ2n) is 8.28. The monoisotopic (exact) mass is 373 g/mol. The number of aromatic nitrogens is 1.